The normalized spacial score (nSPS) is 16.2. The summed E-state index contributed by atoms with van der Waals surface area (Å²) in [5, 5.41) is 6.11. The van der Waals surface area contributed by atoms with E-state index in [0.717, 1.165) is 25.9 Å². The smallest absolute Gasteiger partial charge is 0.262 e. The van der Waals surface area contributed by atoms with Crippen molar-refractivity contribution < 1.29 is 13.2 Å². The molecule has 3 N–H and O–H groups in total. The molecule has 0 aliphatic carbocycles. The fourth-order valence-corrected chi connectivity index (χ4v) is 4.53. The highest BCUT2D eigenvalue weighted by molar-refractivity contribution is 7.92. The lowest BCUT2D eigenvalue weighted by atomic mass is 10.0. The fourth-order valence-electron chi connectivity index (χ4n) is 3.20. The van der Waals surface area contributed by atoms with Crippen LogP contribution < -0.4 is 15.4 Å². The van der Waals surface area contributed by atoms with Gasteiger partial charge in [-0.1, -0.05) is 24.3 Å². The Morgan fingerprint density at radius 2 is 1.89 bits per heavy atom. The summed E-state index contributed by atoms with van der Waals surface area (Å²) in [7, 11) is -3.74. The lowest BCUT2D eigenvalue weighted by Crippen LogP contribution is -2.17. The molecule has 1 atom stereocenters. The third kappa shape index (κ3) is 5.95. The van der Waals surface area contributed by atoms with Gasteiger partial charge in [-0.25, -0.2) is 8.42 Å². The van der Waals surface area contributed by atoms with Crippen molar-refractivity contribution in [2.45, 2.75) is 31.1 Å². The van der Waals surface area contributed by atoms with E-state index in [2.05, 4.69) is 15.4 Å². The maximum Gasteiger partial charge on any atom is 0.262 e. The van der Waals surface area contributed by atoms with Crippen LogP contribution in [0.2, 0.25) is 0 Å². The Balaban J connectivity index is 0.00000280. The molecule has 152 valence electrons. The zero-order valence-corrected chi connectivity index (χ0v) is 17.4. The number of amides is 1. The van der Waals surface area contributed by atoms with Crippen molar-refractivity contribution in [3.63, 3.8) is 0 Å². The summed E-state index contributed by atoms with van der Waals surface area (Å²) in [5.74, 6) is 0.449. The van der Waals surface area contributed by atoms with Gasteiger partial charge >= 0.3 is 0 Å². The molecule has 1 heterocycles. The Labute approximate surface area is 172 Å². The number of nitrogens with one attached hydrogen (secondary N) is 3. The summed E-state index contributed by atoms with van der Waals surface area (Å²) in [6, 6.07) is 13.7. The average molecular weight is 424 g/mol. The van der Waals surface area contributed by atoms with Crippen molar-refractivity contribution >= 4 is 39.7 Å². The number of sulfonamides is 1. The van der Waals surface area contributed by atoms with E-state index in [4.69, 9.17) is 0 Å². The second kappa shape index (κ2) is 9.91. The summed E-state index contributed by atoms with van der Waals surface area (Å²) in [6.07, 6.45) is 2.38. The first-order valence-electron chi connectivity index (χ1n) is 9.13. The molecule has 8 heteroatoms. The third-order valence-electron chi connectivity index (χ3n) is 4.73. The molecular weight excluding hydrogens is 398 g/mol. The van der Waals surface area contributed by atoms with Gasteiger partial charge in [0.05, 0.1) is 4.90 Å². The summed E-state index contributed by atoms with van der Waals surface area (Å²) in [6.45, 7) is 3.71. The van der Waals surface area contributed by atoms with E-state index >= 15 is 0 Å². The molecule has 1 aliphatic rings. The number of hydrogen-bond donors (Lipinski definition) is 3. The van der Waals surface area contributed by atoms with Gasteiger partial charge in [0, 0.05) is 17.8 Å². The second-order valence-electron chi connectivity index (χ2n) is 6.90. The minimum absolute atomic E-state index is 0. The van der Waals surface area contributed by atoms with Crippen LogP contribution in [-0.4, -0.2) is 27.4 Å². The number of benzene rings is 2. The van der Waals surface area contributed by atoms with E-state index in [1.54, 1.807) is 43.3 Å². The van der Waals surface area contributed by atoms with Crippen LogP contribution in [0.1, 0.15) is 24.8 Å². The Morgan fingerprint density at radius 3 is 2.57 bits per heavy atom. The third-order valence-corrected chi connectivity index (χ3v) is 6.25. The van der Waals surface area contributed by atoms with Crippen LogP contribution in [0.3, 0.4) is 0 Å². The number of halogens is 1. The van der Waals surface area contributed by atoms with Gasteiger partial charge in [-0.3, -0.25) is 9.52 Å². The van der Waals surface area contributed by atoms with Gasteiger partial charge in [0.15, 0.2) is 0 Å². The molecule has 0 saturated carbocycles. The van der Waals surface area contributed by atoms with Crippen molar-refractivity contribution in [3.05, 3.63) is 54.1 Å². The Hall–Kier alpha value is -2.09. The van der Waals surface area contributed by atoms with Crippen LogP contribution >= 0.6 is 12.4 Å². The summed E-state index contributed by atoms with van der Waals surface area (Å²) < 4.78 is 28.0. The van der Waals surface area contributed by atoms with Gasteiger partial charge in [0.25, 0.3) is 10.0 Å². The van der Waals surface area contributed by atoms with Crippen molar-refractivity contribution in [1.29, 1.82) is 0 Å². The molecule has 0 radical (unpaired) electrons. The van der Waals surface area contributed by atoms with E-state index in [1.165, 1.54) is 6.07 Å². The van der Waals surface area contributed by atoms with Crippen LogP contribution in [0.15, 0.2) is 53.4 Å². The van der Waals surface area contributed by atoms with E-state index in [1.807, 2.05) is 6.07 Å². The van der Waals surface area contributed by atoms with Gasteiger partial charge in [-0.2, -0.15) is 0 Å². The van der Waals surface area contributed by atoms with Gasteiger partial charge in [0.2, 0.25) is 5.91 Å². The topological polar surface area (TPSA) is 87.3 Å². The maximum absolute atomic E-state index is 12.7. The molecule has 28 heavy (non-hydrogen) atoms. The average Bonchev–Trinajstić information content (AvgIpc) is 3.15. The van der Waals surface area contributed by atoms with E-state index in [0.29, 0.717) is 29.3 Å². The zero-order valence-electron chi connectivity index (χ0n) is 15.8. The first-order chi connectivity index (χ1) is 12.9. The SMILES string of the molecule is Cc1ccc(NC(=O)CCC2CCNC2)cc1S(=O)(=O)Nc1ccccc1.Cl. The summed E-state index contributed by atoms with van der Waals surface area (Å²) in [4.78, 5) is 12.4. The molecule has 1 fully saturated rings. The Kier molecular flexibility index (Phi) is 7.86. The molecule has 3 rings (SSSR count). The predicted molar refractivity (Wildman–Crippen MR) is 115 cm³/mol. The predicted octanol–water partition coefficient (Wildman–Crippen LogP) is 3.55. The second-order valence-corrected chi connectivity index (χ2v) is 8.55. The van der Waals surface area contributed by atoms with Gasteiger partial charge in [-0.15, -0.1) is 12.4 Å². The maximum atomic E-state index is 12.7. The summed E-state index contributed by atoms with van der Waals surface area (Å²) >= 11 is 0. The molecule has 2 aromatic carbocycles. The molecule has 1 unspecified atom stereocenters. The lowest BCUT2D eigenvalue weighted by Gasteiger charge is -2.13. The molecule has 1 amide bonds. The summed E-state index contributed by atoms with van der Waals surface area (Å²) in [5.41, 5.74) is 1.61. The van der Waals surface area contributed by atoms with E-state index in [-0.39, 0.29) is 23.2 Å². The number of para-hydroxylation sites is 1. The van der Waals surface area contributed by atoms with Gasteiger partial charge in [0.1, 0.15) is 0 Å². The number of carbonyl (C=O) groups is 1. The standard InChI is InChI=1S/C20H25N3O3S.ClH/c1-15-7-9-18(22-20(24)10-8-16-11-12-21-14-16)13-19(15)27(25,26)23-17-5-3-2-4-6-17;/h2-7,9,13,16,21,23H,8,10-12,14H2,1H3,(H,22,24);1H. The molecular formula is C20H26ClN3O3S. The van der Waals surface area contributed by atoms with E-state index < -0.39 is 10.0 Å². The first-order valence-corrected chi connectivity index (χ1v) is 10.6. The monoisotopic (exact) mass is 423 g/mol. The Morgan fingerprint density at radius 1 is 1.14 bits per heavy atom. The number of anilines is 2. The minimum Gasteiger partial charge on any atom is -0.326 e. The van der Waals surface area contributed by atoms with Crippen LogP contribution in [0.4, 0.5) is 11.4 Å². The molecule has 0 spiro atoms. The quantitative estimate of drug-likeness (QED) is 0.635. The van der Waals surface area contributed by atoms with Crippen LogP contribution in [0, 0.1) is 12.8 Å². The lowest BCUT2D eigenvalue weighted by molar-refractivity contribution is -0.116. The van der Waals surface area contributed by atoms with E-state index in [9.17, 15) is 13.2 Å². The molecule has 0 aromatic heterocycles. The number of hydrogen-bond acceptors (Lipinski definition) is 4. The minimum atomic E-state index is -3.74. The van der Waals surface area contributed by atoms with Gasteiger partial charge < -0.3 is 10.6 Å². The molecule has 2 aromatic rings. The van der Waals surface area contributed by atoms with Crippen molar-refractivity contribution in [1.82, 2.24) is 5.32 Å². The highest BCUT2D eigenvalue weighted by Crippen LogP contribution is 2.23. The largest absolute Gasteiger partial charge is 0.326 e. The number of aryl methyl sites for hydroxylation is 1. The van der Waals surface area contributed by atoms with Crippen molar-refractivity contribution in [3.8, 4) is 0 Å². The molecule has 0 bridgehead atoms. The number of rotatable bonds is 7. The highest BCUT2D eigenvalue weighted by atomic mass is 35.5. The highest BCUT2D eigenvalue weighted by Gasteiger charge is 2.19. The van der Waals surface area contributed by atoms with Crippen LogP contribution in [-0.2, 0) is 14.8 Å². The van der Waals surface area contributed by atoms with Crippen molar-refractivity contribution in [2.24, 2.45) is 5.92 Å². The fraction of sp³-hybridized carbons (Fsp3) is 0.350. The van der Waals surface area contributed by atoms with Crippen LogP contribution in [0.25, 0.3) is 0 Å². The van der Waals surface area contributed by atoms with Crippen molar-refractivity contribution in [2.75, 3.05) is 23.1 Å². The molecule has 1 saturated heterocycles. The first kappa shape index (κ1) is 22.2. The molecule has 6 nitrogen and oxygen atoms in total. The Bertz CT molecular complexity index is 898. The zero-order chi connectivity index (χ0) is 19.3. The van der Waals surface area contributed by atoms with Crippen LogP contribution in [0.5, 0.6) is 0 Å². The number of carbonyl (C=O) groups excluding carboxylic acids is 1. The molecule has 1 aliphatic heterocycles. The van der Waals surface area contributed by atoms with Gasteiger partial charge in [-0.05, 0) is 68.6 Å².